The van der Waals surface area contributed by atoms with Gasteiger partial charge in [0.1, 0.15) is 5.82 Å². The van der Waals surface area contributed by atoms with Crippen molar-refractivity contribution in [2.45, 2.75) is 52.0 Å². The number of hydrogen-bond donors (Lipinski definition) is 1. The summed E-state index contributed by atoms with van der Waals surface area (Å²) in [5.41, 5.74) is 0.550. The lowest BCUT2D eigenvalue weighted by molar-refractivity contribution is 0.283. The van der Waals surface area contributed by atoms with E-state index in [0.717, 1.165) is 50.5 Å². The van der Waals surface area contributed by atoms with Crippen LogP contribution in [0, 0.1) is 0 Å². The first-order valence-electron chi connectivity index (χ1n) is 8.47. The van der Waals surface area contributed by atoms with Gasteiger partial charge in [-0.15, -0.1) is 5.10 Å². The van der Waals surface area contributed by atoms with Crippen LogP contribution in [0.15, 0.2) is 11.0 Å². The molecule has 0 fully saturated rings. The van der Waals surface area contributed by atoms with E-state index in [2.05, 4.69) is 23.7 Å². The fraction of sp³-hybridized carbons (Fsp3) is 0.688. The van der Waals surface area contributed by atoms with Crippen molar-refractivity contribution in [1.82, 2.24) is 19.2 Å². The second kappa shape index (κ2) is 6.70. The highest BCUT2D eigenvalue weighted by molar-refractivity contribution is 5.47. The van der Waals surface area contributed by atoms with E-state index in [1.165, 1.54) is 0 Å². The second-order valence-electron chi connectivity index (χ2n) is 6.45. The fourth-order valence-electron chi connectivity index (χ4n) is 3.14. The Morgan fingerprint density at radius 2 is 2.09 bits per heavy atom. The molecule has 0 unspecified atom stereocenters. The van der Waals surface area contributed by atoms with Crippen LogP contribution >= 0.6 is 0 Å². The molecule has 0 atom stereocenters. The highest BCUT2D eigenvalue weighted by Gasteiger charge is 2.23. The van der Waals surface area contributed by atoms with Crippen LogP contribution in [0.5, 0.6) is 0 Å². The number of imidazole rings is 1. The zero-order chi connectivity index (χ0) is 16.4. The summed E-state index contributed by atoms with van der Waals surface area (Å²) in [6.07, 6.45) is 5.40. The van der Waals surface area contributed by atoms with Crippen LogP contribution in [0.25, 0.3) is 5.52 Å². The third-order valence-electron chi connectivity index (χ3n) is 4.35. The molecule has 2 aromatic rings. The number of anilines is 1. The van der Waals surface area contributed by atoms with Crippen molar-refractivity contribution >= 4 is 11.5 Å². The number of nitrogens with zero attached hydrogens (tertiary/aromatic N) is 5. The number of aromatic nitrogens is 4. The van der Waals surface area contributed by atoms with Crippen molar-refractivity contribution in [2.75, 3.05) is 24.6 Å². The number of aliphatic hydroxyl groups is 1. The van der Waals surface area contributed by atoms with Gasteiger partial charge in [0, 0.05) is 32.2 Å². The molecule has 0 radical (unpaired) electrons. The van der Waals surface area contributed by atoms with Crippen molar-refractivity contribution in [1.29, 1.82) is 0 Å². The van der Waals surface area contributed by atoms with Crippen LogP contribution in [0.1, 0.15) is 51.3 Å². The summed E-state index contributed by atoms with van der Waals surface area (Å²) in [4.78, 5) is 19.3. The lowest BCUT2D eigenvalue weighted by Gasteiger charge is -2.30. The average molecular weight is 319 g/mol. The van der Waals surface area contributed by atoms with Crippen LogP contribution < -0.4 is 10.5 Å². The standard InChI is InChI=1S/C16H25N5O2/c1-12(2)14-17-11-13-15(23)20-9-6-8-19(7-4-3-5-10-22)16(20)18-21(13)14/h11-12,22H,3-10H2,1-2H3. The molecule has 1 N–H and O–H groups in total. The van der Waals surface area contributed by atoms with E-state index in [4.69, 9.17) is 10.2 Å². The lowest BCUT2D eigenvalue weighted by Crippen LogP contribution is -2.40. The molecule has 0 spiro atoms. The van der Waals surface area contributed by atoms with Gasteiger partial charge in [-0.2, -0.15) is 0 Å². The zero-order valence-electron chi connectivity index (χ0n) is 13.9. The molecule has 7 heteroatoms. The van der Waals surface area contributed by atoms with E-state index in [1.54, 1.807) is 15.3 Å². The Morgan fingerprint density at radius 1 is 1.26 bits per heavy atom. The monoisotopic (exact) mass is 319 g/mol. The largest absolute Gasteiger partial charge is 0.396 e. The van der Waals surface area contributed by atoms with Crippen LogP contribution in [-0.4, -0.2) is 44.0 Å². The number of fused-ring (bicyclic) bond motifs is 2. The molecule has 0 amide bonds. The Hall–Kier alpha value is -1.89. The van der Waals surface area contributed by atoms with Gasteiger partial charge in [-0.05, 0) is 25.7 Å². The van der Waals surface area contributed by atoms with Crippen molar-refractivity contribution in [2.24, 2.45) is 0 Å². The van der Waals surface area contributed by atoms with Crippen molar-refractivity contribution in [3.63, 3.8) is 0 Å². The van der Waals surface area contributed by atoms with Crippen molar-refractivity contribution in [3.8, 4) is 0 Å². The third kappa shape index (κ3) is 2.97. The van der Waals surface area contributed by atoms with E-state index in [-0.39, 0.29) is 18.1 Å². The molecular weight excluding hydrogens is 294 g/mol. The minimum absolute atomic E-state index is 0.00513. The summed E-state index contributed by atoms with van der Waals surface area (Å²) in [7, 11) is 0. The van der Waals surface area contributed by atoms with Crippen LogP contribution in [0.4, 0.5) is 5.95 Å². The first-order valence-corrected chi connectivity index (χ1v) is 8.47. The molecule has 2 aromatic heterocycles. The van der Waals surface area contributed by atoms with Crippen LogP contribution in [0.3, 0.4) is 0 Å². The van der Waals surface area contributed by atoms with Crippen LogP contribution in [-0.2, 0) is 6.54 Å². The second-order valence-corrected chi connectivity index (χ2v) is 6.45. The molecule has 7 nitrogen and oxygen atoms in total. The predicted octanol–water partition coefficient (Wildman–Crippen LogP) is 1.39. The maximum absolute atomic E-state index is 12.7. The molecule has 23 heavy (non-hydrogen) atoms. The number of rotatable bonds is 6. The molecule has 3 rings (SSSR count). The highest BCUT2D eigenvalue weighted by Crippen LogP contribution is 2.19. The van der Waals surface area contributed by atoms with Gasteiger partial charge < -0.3 is 10.0 Å². The molecule has 1 aliphatic rings. The summed E-state index contributed by atoms with van der Waals surface area (Å²) < 4.78 is 3.49. The minimum atomic E-state index is -0.00513. The van der Waals surface area contributed by atoms with Crippen LogP contribution in [0.2, 0.25) is 0 Å². The van der Waals surface area contributed by atoms with E-state index >= 15 is 0 Å². The number of aliphatic hydroxyl groups excluding tert-OH is 1. The molecule has 0 bridgehead atoms. The van der Waals surface area contributed by atoms with Crippen molar-refractivity contribution < 1.29 is 5.11 Å². The van der Waals surface area contributed by atoms with Gasteiger partial charge in [0.05, 0.1) is 6.20 Å². The minimum Gasteiger partial charge on any atom is -0.396 e. The fourth-order valence-corrected chi connectivity index (χ4v) is 3.14. The SMILES string of the molecule is CC(C)c1ncc2c(=O)n3c(nn12)N(CCCCCO)CCC3. The first kappa shape index (κ1) is 16.0. The van der Waals surface area contributed by atoms with E-state index in [1.807, 2.05) is 0 Å². The molecule has 0 aromatic carbocycles. The summed E-state index contributed by atoms with van der Waals surface area (Å²) in [6.45, 7) is 6.85. The van der Waals surface area contributed by atoms with Gasteiger partial charge in [-0.1, -0.05) is 13.8 Å². The van der Waals surface area contributed by atoms with Gasteiger partial charge >= 0.3 is 0 Å². The normalized spacial score (nSPS) is 14.7. The summed E-state index contributed by atoms with van der Waals surface area (Å²) >= 11 is 0. The summed E-state index contributed by atoms with van der Waals surface area (Å²) in [5.74, 6) is 1.79. The summed E-state index contributed by atoms with van der Waals surface area (Å²) in [6, 6.07) is 0. The van der Waals surface area contributed by atoms with Crippen molar-refractivity contribution in [3.05, 3.63) is 22.4 Å². The topological polar surface area (TPSA) is 75.7 Å². The van der Waals surface area contributed by atoms with E-state index in [9.17, 15) is 4.79 Å². The molecular formula is C16H25N5O2. The van der Waals surface area contributed by atoms with Gasteiger partial charge in [0.2, 0.25) is 5.95 Å². The molecule has 0 saturated carbocycles. The maximum atomic E-state index is 12.7. The first-order chi connectivity index (χ1) is 11.1. The molecule has 3 heterocycles. The Kier molecular flexibility index (Phi) is 4.66. The molecule has 1 aliphatic heterocycles. The highest BCUT2D eigenvalue weighted by atomic mass is 16.2. The Bertz CT molecular complexity index is 734. The van der Waals surface area contributed by atoms with E-state index in [0.29, 0.717) is 12.1 Å². The maximum Gasteiger partial charge on any atom is 0.280 e. The van der Waals surface area contributed by atoms with Gasteiger partial charge in [0.15, 0.2) is 5.52 Å². The quantitative estimate of drug-likeness (QED) is 0.814. The smallest absolute Gasteiger partial charge is 0.280 e. The summed E-state index contributed by atoms with van der Waals surface area (Å²) in [5, 5.41) is 13.6. The molecule has 126 valence electrons. The number of unbranched alkanes of at least 4 members (excludes halogenated alkanes) is 2. The molecule has 0 aliphatic carbocycles. The van der Waals surface area contributed by atoms with Gasteiger partial charge in [-0.25, -0.2) is 9.50 Å². The Morgan fingerprint density at radius 3 is 2.83 bits per heavy atom. The van der Waals surface area contributed by atoms with Gasteiger partial charge in [-0.3, -0.25) is 9.36 Å². The third-order valence-corrected chi connectivity index (χ3v) is 4.35. The zero-order valence-corrected chi connectivity index (χ0v) is 13.9. The average Bonchev–Trinajstić information content (AvgIpc) is 2.96. The lowest BCUT2D eigenvalue weighted by atomic mass is 10.2. The predicted molar refractivity (Wildman–Crippen MR) is 89.1 cm³/mol. The van der Waals surface area contributed by atoms with Gasteiger partial charge in [0.25, 0.3) is 5.56 Å². The Balaban J connectivity index is 1.97. The number of hydrogen-bond acceptors (Lipinski definition) is 5. The van der Waals surface area contributed by atoms with E-state index < -0.39 is 0 Å². The molecule has 0 saturated heterocycles. The Labute approximate surface area is 135 Å².